The van der Waals surface area contributed by atoms with E-state index in [1.165, 1.54) is 5.56 Å². The van der Waals surface area contributed by atoms with Crippen LogP contribution in [0.5, 0.6) is 5.75 Å². The first kappa shape index (κ1) is 9.38. The lowest BCUT2D eigenvalue weighted by molar-refractivity contribution is 0.357. The van der Waals surface area contributed by atoms with E-state index in [0.29, 0.717) is 0 Å². The van der Waals surface area contributed by atoms with Crippen LogP contribution in [-0.4, -0.2) is 12.1 Å². The summed E-state index contributed by atoms with van der Waals surface area (Å²) < 4.78 is 5.61. The number of rotatable bonds is 1. The molecule has 0 saturated heterocycles. The van der Waals surface area contributed by atoms with E-state index in [4.69, 9.17) is 4.74 Å². The number of ether oxygens (including phenoxy) is 1. The number of fused-ring (bicyclic) bond motifs is 1. The van der Waals surface area contributed by atoms with Crippen molar-refractivity contribution in [2.45, 2.75) is 32.7 Å². The van der Waals surface area contributed by atoms with Gasteiger partial charge in [-0.1, -0.05) is 12.1 Å². The summed E-state index contributed by atoms with van der Waals surface area (Å²) in [5, 5.41) is 3.46. The molecule has 0 aliphatic carbocycles. The fourth-order valence-corrected chi connectivity index (χ4v) is 1.72. The predicted molar refractivity (Wildman–Crippen MR) is 59.0 cm³/mol. The summed E-state index contributed by atoms with van der Waals surface area (Å²) in [5.74, 6) is 1.04. The van der Waals surface area contributed by atoms with Crippen molar-refractivity contribution in [2.24, 2.45) is 0 Å². The van der Waals surface area contributed by atoms with Gasteiger partial charge in [0.15, 0.2) is 0 Å². The Labute approximate surface area is 85.3 Å². The lowest BCUT2D eigenvalue weighted by Crippen LogP contribution is -2.26. The van der Waals surface area contributed by atoms with Crippen LogP contribution in [-0.2, 0) is 6.42 Å². The lowest BCUT2D eigenvalue weighted by Gasteiger charge is -2.23. The van der Waals surface area contributed by atoms with Gasteiger partial charge in [-0.15, -0.1) is 0 Å². The van der Waals surface area contributed by atoms with Crippen LogP contribution in [0.2, 0.25) is 0 Å². The zero-order chi connectivity index (χ0) is 10.2. The maximum absolute atomic E-state index is 5.61. The molecule has 1 N–H and O–H groups in total. The van der Waals surface area contributed by atoms with Gasteiger partial charge >= 0.3 is 0 Å². The molecular formula is C12H17NO. The number of hydrogen-bond acceptors (Lipinski definition) is 2. The maximum Gasteiger partial charge on any atom is 0.145 e. The van der Waals surface area contributed by atoms with Gasteiger partial charge in [-0.3, -0.25) is 0 Å². The molecule has 2 nitrogen and oxygen atoms in total. The smallest absolute Gasteiger partial charge is 0.145 e. The van der Waals surface area contributed by atoms with Crippen molar-refractivity contribution >= 4 is 5.69 Å². The van der Waals surface area contributed by atoms with Gasteiger partial charge in [-0.2, -0.15) is 0 Å². The minimum absolute atomic E-state index is 0.0844. The number of hydrogen-bond donors (Lipinski definition) is 1. The van der Waals surface area contributed by atoms with Crippen molar-refractivity contribution in [2.75, 3.05) is 11.9 Å². The van der Waals surface area contributed by atoms with Crippen LogP contribution < -0.4 is 10.1 Å². The zero-order valence-electron chi connectivity index (χ0n) is 9.05. The van der Waals surface area contributed by atoms with Gasteiger partial charge in [0.05, 0.1) is 12.3 Å². The van der Waals surface area contributed by atoms with Crippen molar-refractivity contribution in [3.8, 4) is 5.75 Å². The predicted octanol–water partition coefficient (Wildman–Crippen LogP) is 2.83. The molecule has 1 aliphatic heterocycles. The molecule has 1 aromatic rings. The van der Waals surface area contributed by atoms with Crippen molar-refractivity contribution in [1.82, 2.24) is 0 Å². The highest BCUT2D eigenvalue weighted by Crippen LogP contribution is 2.34. The highest BCUT2D eigenvalue weighted by molar-refractivity contribution is 5.62. The van der Waals surface area contributed by atoms with Crippen LogP contribution >= 0.6 is 0 Å². The lowest BCUT2D eigenvalue weighted by atomic mass is 10.1. The second kappa shape index (κ2) is 3.19. The molecule has 0 spiro atoms. The topological polar surface area (TPSA) is 21.3 Å². The summed E-state index contributed by atoms with van der Waals surface area (Å²) in [6, 6.07) is 6.30. The molecule has 0 radical (unpaired) electrons. The summed E-state index contributed by atoms with van der Waals surface area (Å²) in [6.07, 6.45) is 1.04. The molecule has 1 aromatic carbocycles. The molecule has 1 aliphatic rings. The Morgan fingerprint density at radius 2 is 2.07 bits per heavy atom. The molecule has 0 amide bonds. The maximum atomic E-state index is 5.61. The summed E-state index contributed by atoms with van der Waals surface area (Å²) in [5.41, 5.74) is 2.52. The average Bonchev–Trinajstić information content (AvgIpc) is 2.49. The highest BCUT2D eigenvalue weighted by atomic mass is 16.5. The second-order valence-corrected chi connectivity index (χ2v) is 4.77. The number of benzene rings is 1. The van der Waals surface area contributed by atoms with Crippen LogP contribution in [0.3, 0.4) is 0 Å². The van der Waals surface area contributed by atoms with Crippen molar-refractivity contribution in [1.29, 1.82) is 0 Å². The molecule has 2 rings (SSSR count). The molecule has 14 heavy (non-hydrogen) atoms. The quantitative estimate of drug-likeness (QED) is 0.737. The Balaban J connectivity index is 2.31. The van der Waals surface area contributed by atoms with Crippen LogP contribution in [0, 0.1) is 0 Å². The molecule has 0 unspecified atom stereocenters. The fraction of sp³-hybridized carbons (Fsp3) is 0.500. The average molecular weight is 191 g/mol. The second-order valence-electron chi connectivity index (χ2n) is 4.77. The molecule has 0 saturated carbocycles. The molecule has 0 bridgehead atoms. The zero-order valence-corrected chi connectivity index (χ0v) is 9.05. The highest BCUT2D eigenvalue weighted by Gasteiger charge is 2.18. The molecular weight excluding hydrogens is 174 g/mol. The third-order valence-electron chi connectivity index (χ3n) is 2.22. The Hall–Kier alpha value is -1.18. The first-order valence-corrected chi connectivity index (χ1v) is 5.09. The number of nitrogens with one attached hydrogen (secondary N) is 1. The van der Waals surface area contributed by atoms with Crippen LogP contribution in [0.25, 0.3) is 0 Å². The largest absolute Gasteiger partial charge is 0.491 e. The first-order chi connectivity index (χ1) is 6.56. The molecule has 0 aromatic heterocycles. The Bertz CT molecular complexity index is 339. The normalized spacial score (nSPS) is 14.8. The first-order valence-electron chi connectivity index (χ1n) is 5.09. The minimum atomic E-state index is 0.0844. The van der Waals surface area contributed by atoms with Gasteiger partial charge < -0.3 is 10.1 Å². The number of anilines is 1. The Morgan fingerprint density at radius 1 is 1.29 bits per heavy atom. The van der Waals surface area contributed by atoms with Gasteiger partial charge in [-0.05, 0) is 32.4 Å². The van der Waals surface area contributed by atoms with Gasteiger partial charge in [0.25, 0.3) is 0 Å². The van der Waals surface area contributed by atoms with Gasteiger partial charge in [0.1, 0.15) is 5.75 Å². The van der Waals surface area contributed by atoms with E-state index in [0.717, 1.165) is 24.5 Å². The summed E-state index contributed by atoms with van der Waals surface area (Å²) >= 11 is 0. The van der Waals surface area contributed by atoms with Gasteiger partial charge in [-0.25, -0.2) is 0 Å². The third kappa shape index (κ3) is 1.84. The molecule has 1 heterocycles. The molecule has 76 valence electrons. The monoisotopic (exact) mass is 191 g/mol. The van der Waals surface area contributed by atoms with E-state index < -0.39 is 0 Å². The van der Waals surface area contributed by atoms with E-state index in [9.17, 15) is 0 Å². The summed E-state index contributed by atoms with van der Waals surface area (Å²) in [4.78, 5) is 0. The summed E-state index contributed by atoms with van der Waals surface area (Å²) in [6.45, 7) is 7.28. The Morgan fingerprint density at radius 3 is 2.79 bits per heavy atom. The van der Waals surface area contributed by atoms with Crippen molar-refractivity contribution in [3.05, 3.63) is 23.8 Å². The van der Waals surface area contributed by atoms with E-state index in [1.54, 1.807) is 0 Å². The number of para-hydroxylation sites is 1. The van der Waals surface area contributed by atoms with Crippen LogP contribution in [0.4, 0.5) is 5.69 Å². The SMILES string of the molecule is CC(C)(C)Nc1cccc2c1OCC2. The van der Waals surface area contributed by atoms with Crippen molar-refractivity contribution < 1.29 is 4.74 Å². The van der Waals surface area contributed by atoms with Crippen molar-refractivity contribution in [3.63, 3.8) is 0 Å². The summed E-state index contributed by atoms with van der Waals surface area (Å²) in [7, 11) is 0. The standard InChI is InChI=1S/C12H17NO/c1-12(2,3)13-10-6-4-5-9-7-8-14-11(9)10/h4-6,13H,7-8H2,1-3H3. The van der Waals surface area contributed by atoms with E-state index >= 15 is 0 Å². The van der Waals surface area contributed by atoms with E-state index in [2.05, 4.69) is 44.3 Å². The fourth-order valence-electron chi connectivity index (χ4n) is 1.72. The molecule has 2 heteroatoms. The minimum Gasteiger partial charge on any atom is -0.491 e. The van der Waals surface area contributed by atoms with E-state index in [-0.39, 0.29) is 5.54 Å². The molecule has 0 atom stereocenters. The van der Waals surface area contributed by atoms with Crippen LogP contribution in [0.15, 0.2) is 18.2 Å². The van der Waals surface area contributed by atoms with Gasteiger partial charge in [0.2, 0.25) is 0 Å². The Kier molecular flexibility index (Phi) is 2.14. The van der Waals surface area contributed by atoms with Gasteiger partial charge in [0, 0.05) is 12.0 Å². The molecule has 0 fully saturated rings. The third-order valence-corrected chi connectivity index (χ3v) is 2.22. The van der Waals surface area contributed by atoms with Crippen LogP contribution in [0.1, 0.15) is 26.3 Å². The van der Waals surface area contributed by atoms with E-state index in [1.807, 2.05) is 0 Å².